The molecule has 2 amide bonds. The lowest BCUT2D eigenvalue weighted by atomic mass is 9.98. The van der Waals surface area contributed by atoms with Gasteiger partial charge in [-0.2, -0.15) is 0 Å². The third-order valence-corrected chi connectivity index (χ3v) is 6.00. The topological polar surface area (TPSA) is 43.9 Å². The number of carbonyl (C=O) groups is 2. The van der Waals surface area contributed by atoms with E-state index in [0.29, 0.717) is 38.8 Å². The lowest BCUT2D eigenvalue weighted by Crippen LogP contribution is -2.52. The quantitative estimate of drug-likeness (QED) is 0.845. The number of piperazine rings is 1. The summed E-state index contributed by atoms with van der Waals surface area (Å²) in [7, 11) is 0. The lowest BCUT2D eigenvalue weighted by Gasteiger charge is -2.38. The Balaban J connectivity index is 1.59. The van der Waals surface area contributed by atoms with Gasteiger partial charge in [-0.3, -0.25) is 14.5 Å². The van der Waals surface area contributed by atoms with Crippen molar-refractivity contribution in [3.05, 3.63) is 21.9 Å². The highest BCUT2D eigenvalue weighted by Crippen LogP contribution is 2.34. The first kappa shape index (κ1) is 16.5. The normalized spacial score (nSPS) is 22.1. The van der Waals surface area contributed by atoms with Gasteiger partial charge in [-0.1, -0.05) is 6.92 Å². The molecule has 5 nitrogen and oxygen atoms in total. The van der Waals surface area contributed by atoms with Crippen LogP contribution >= 0.6 is 11.3 Å². The van der Waals surface area contributed by atoms with Crippen LogP contribution in [0.25, 0.3) is 0 Å². The van der Waals surface area contributed by atoms with Crippen molar-refractivity contribution in [2.75, 3.05) is 39.3 Å². The maximum Gasteiger partial charge on any atom is 0.236 e. The lowest BCUT2D eigenvalue weighted by molar-refractivity contribution is -0.139. The molecule has 6 heteroatoms. The average molecular weight is 335 g/mol. The van der Waals surface area contributed by atoms with Crippen molar-refractivity contribution in [1.82, 2.24) is 14.7 Å². The number of nitrogens with zero attached hydrogens (tertiary/aromatic N) is 3. The summed E-state index contributed by atoms with van der Waals surface area (Å²) in [6.45, 7) is 7.88. The molecule has 0 spiro atoms. The highest BCUT2D eigenvalue weighted by molar-refractivity contribution is 7.10. The summed E-state index contributed by atoms with van der Waals surface area (Å²) in [5, 5.41) is 2.17. The summed E-state index contributed by atoms with van der Waals surface area (Å²) in [6, 6.07) is 2.59. The maximum atomic E-state index is 12.6. The fourth-order valence-corrected chi connectivity index (χ4v) is 4.59. The molecular weight excluding hydrogens is 310 g/mol. The molecule has 1 atom stereocenters. The van der Waals surface area contributed by atoms with E-state index in [9.17, 15) is 9.59 Å². The van der Waals surface area contributed by atoms with Crippen molar-refractivity contribution in [2.45, 2.75) is 32.7 Å². The summed E-state index contributed by atoms with van der Waals surface area (Å²) in [4.78, 5) is 31.6. The van der Waals surface area contributed by atoms with E-state index in [1.54, 1.807) is 6.92 Å². The molecule has 1 fully saturated rings. The summed E-state index contributed by atoms with van der Waals surface area (Å²) in [5.41, 5.74) is 1.41. The summed E-state index contributed by atoms with van der Waals surface area (Å²) < 4.78 is 0. The van der Waals surface area contributed by atoms with Crippen molar-refractivity contribution in [2.24, 2.45) is 0 Å². The molecule has 3 heterocycles. The van der Waals surface area contributed by atoms with E-state index in [1.165, 1.54) is 10.4 Å². The zero-order chi connectivity index (χ0) is 16.4. The van der Waals surface area contributed by atoms with Crippen LogP contribution in [-0.4, -0.2) is 65.8 Å². The molecule has 3 rings (SSSR count). The molecule has 126 valence electrons. The van der Waals surface area contributed by atoms with Crippen LogP contribution in [0.1, 0.15) is 36.8 Å². The molecule has 1 saturated heterocycles. The Morgan fingerprint density at radius 2 is 1.87 bits per heavy atom. The van der Waals surface area contributed by atoms with Gasteiger partial charge in [0.2, 0.25) is 11.8 Å². The van der Waals surface area contributed by atoms with Crippen LogP contribution in [0, 0.1) is 0 Å². The molecular formula is C17H25N3O2S. The molecule has 2 aliphatic rings. The fraction of sp³-hybridized carbons (Fsp3) is 0.647. The Morgan fingerprint density at radius 3 is 2.52 bits per heavy atom. The predicted octanol–water partition coefficient (Wildman–Crippen LogP) is 1.75. The van der Waals surface area contributed by atoms with Crippen LogP contribution in [-0.2, 0) is 16.0 Å². The van der Waals surface area contributed by atoms with Crippen LogP contribution in [0.3, 0.4) is 0 Å². The second-order valence-corrected chi connectivity index (χ2v) is 7.33. The van der Waals surface area contributed by atoms with Gasteiger partial charge in [0.05, 0.1) is 6.54 Å². The van der Waals surface area contributed by atoms with E-state index in [-0.39, 0.29) is 11.8 Å². The first-order valence-electron chi connectivity index (χ1n) is 8.43. The van der Waals surface area contributed by atoms with Crippen LogP contribution < -0.4 is 0 Å². The van der Waals surface area contributed by atoms with Gasteiger partial charge >= 0.3 is 0 Å². The third kappa shape index (κ3) is 3.43. The molecule has 1 aromatic heterocycles. The molecule has 0 bridgehead atoms. The molecule has 0 aromatic carbocycles. The van der Waals surface area contributed by atoms with Gasteiger partial charge < -0.3 is 9.80 Å². The van der Waals surface area contributed by atoms with Crippen LogP contribution in [0.2, 0.25) is 0 Å². The van der Waals surface area contributed by atoms with Crippen LogP contribution in [0.4, 0.5) is 0 Å². The van der Waals surface area contributed by atoms with Gasteiger partial charge in [0.25, 0.3) is 0 Å². The van der Waals surface area contributed by atoms with Crippen molar-refractivity contribution in [1.29, 1.82) is 0 Å². The van der Waals surface area contributed by atoms with Crippen molar-refractivity contribution < 1.29 is 9.59 Å². The standard InChI is InChI=1S/C17H25N3O2S/c1-3-15-14-5-11-23-16(14)4-6-20(15)12-17(22)19-9-7-18(8-10-19)13(2)21/h5,11,15H,3-4,6-10,12H2,1-2H3. The first-order chi connectivity index (χ1) is 11.1. The Hall–Kier alpha value is -1.40. The van der Waals surface area contributed by atoms with Gasteiger partial charge in [-0.15, -0.1) is 11.3 Å². The van der Waals surface area contributed by atoms with E-state index >= 15 is 0 Å². The zero-order valence-corrected chi connectivity index (χ0v) is 14.8. The summed E-state index contributed by atoms with van der Waals surface area (Å²) in [6.07, 6.45) is 2.09. The van der Waals surface area contributed by atoms with E-state index in [4.69, 9.17) is 0 Å². The van der Waals surface area contributed by atoms with Gasteiger partial charge in [-0.25, -0.2) is 0 Å². The maximum absolute atomic E-state index is 12.6. The second kappa shape index (κ2) is 7.01. The average Bonchev–Trinajstić information content (AvgIpc) is 3.03. The Bertz CT molecular complexity index is 578. The molecule has 0 N–H and O–H groups in total. The predicted molar refractivity (Wildman–Crippen MR) is 91.5 cm³/mol. The molecule has 0 radical (unpaired) electrons. The molecule has 0 aliphatic carbocycles. The minimum atomic E-state index is 0.101. The Labute approximate surface area is 141 Å². The molecule has 1 aromatic rings. The fourth-order valence-electron chi connectivity index (χ4n) is 3.66. The first-order valence-corrected chi connectivity index (χ1v) is 9.31. The third-order valence-electron chi connectivity index (χ3n) is 5.01. The zero-order valence-electron chi connectivity index (χ0n) is 14.0. The number of hydrogen-bond acceptors (Lipinski definition) is 4. The highest BCUT2D eigenvalue weighted by atomic mass is 32.1. The van der Waals surface area contributed by atoms with E-state index < -0.39 is 0 Å². The van der Waals surface area contributed by atoms with Gasteiger partial charge in [0.1, 0.15) is 0 Å². The van der Waals surface area contributed by atoms with Crippen molar-refractivity contribution in [3.8, 4) is 0 Å². The van der Waals surface area contributed by atoms with Crippen molar-refractivity contribution >= 4 is 23.2 Å². The number of carbonyl (C=O) groups excluding carboxylic acids is 2. The molecule has 23 heavy (non-hydrogen) atoms. The van der Waals surface area contributed by atoms with Crippen molar-refractivity contribution in [3.63, 3.8) is 0 Å². The monoisotopic (exact) mass is 335 g/mol. The van der Waals surface area contributed by atoms with Gasteiger partial charge in [-0.05, 0) is 29.9 Å². The SMILES string of the molecule is CCC1c2ccsc2CCN1CC(=O)N1CCN(C(C)=O)CC1. The molecule has 1 unspecified atom stereocenters. The second-order valence-electron chi connectivity index (χ2n) is 6.33. The molecule has 2 aliphatic heterocycles. The smallest absolute Gasteiger partial charge is 0.236 e. The minimum absolute atomic E-state index is 0.101. The highest BCUT2D eigenvalue weighted by Gasteiger charge is 2.30. The summed E-state index contributed by atoms with van der Waals surface area (Å²) in [5.74, 6) is 0.300. The van der Waals surface area contributed by atoms with Crippen LogP contribution in [0.5, 0.6) is 0 Å². The number of rotatable bonds is 3. The Kier molecular flexibility index (Phi) is 5.02. The summed E-state index contributed by atoms with van der Waals surface area (Å²) >= 11 is 1.84. The Morgan fingerprint density at radius 1 is 1.17 bits per heavy atom. The number of amides is 2. The van der Waals surface area contributed by atoms with E-state index in [1.807, 2.05) is 21.1 Å². The number of hydrogen-bond donors (Lipinski definition) is 0. The largest absolute Gasteiger partial charge is 0.339 e. The van der Waals surface area contributed by atoms with E-state index in [2.05, 4.69) is 23.3 Å². The minimum Gasteiger partial charge on any atom is -0.339 e. The molecule has 0 saturated carbocycles. The van der Waals surface area contributed by atoms with E-state index in [0.717, 1.165) is 19.4 Å². The van der Waals surface area contributed by atoms with Gasteiger partial charge in [0, 0.05) is 50.6 Å². The number of thiophene rings is 1. The van der Waals surface area contributed by atoms with Gasteiger partial charge in [0.15, 0.2) is 0 Å². The van der Waals surface area contributed by atoms with Crippen LogP contribution in [0.15, 0.2) is 11.4 Å². The number of fused-ring (bicyclic) bond motifs is 1.